The Morgan fingerprint density at radius 1 is 1.19 bits per heavy atom. The fourth-order valence-corrected chi connectivity index (χ4v) is 3.64. The zero-order valence-electron chi connectivity index (χ0n) is 15.0. The molecular formula is C20H20ClFN4S. The van der Waals surface area contributed by atoms with Crippen LogP contribution in [0.3, 0.4) is 0 Å². The van der Waals surface area contributed by atoms with Gasteiger partial charge < -0.3 is 0 Å². The van der Waals surface area contributed by atoms with Crippen molar-refractivity contribution < 1.29 is 4.39 Å². The molecule has 0 radical (unpaired) electrons. The van der Waals surface area contributed by atoms with Gasteiger partial charge in [-0.25, -0.2) is 9.07 Å². The van der Waals surface area contributed by atoms with E-state index in [0.29, 0.717) is 28.9 Å². The molecule has 3 aromatic rings. The molecule has 0 N–H and O–H groups in total. The molecule has 4 nitrogen and oxygen atoms in total. The second kappa shape index (κ2) is 7.54. The van der Waals surface area contributed by atoms with Crippen molar-refractivity contribution in [2.24, 2.45) is 0 Å². The molecule has 0 atom stereocenters. The third kappa shape index (κ3) is 3.98. The molecule has 0 unspecified atom stereocenters. The number of benzene rings is 2. The van der Waals surface area contributed by atoms with Crippen LogP contribution in [0.2, 0.25) is 5.02 Å². The lowest BCUT2D eigenvalue weighted by atomic mass is 10.2. The van der Waals surface area contributed by atoms with Crippen LogP contribution in [-0.2, 0) is 13.2 Å². The van der Waals surface area contributed by atoms with Gasteiger partial charge in [0.2, 0.25) is 0 Å². The molecule has 140 valence electrons. The first-order valence-electron chi connectivity index (χ1n) is 8.90. The molecule has 0 bridgehead atoms. The maximum absolute atomic E-state index is 14.3. The Hall–Kier alpha value is -2.02. The molecule has 1 heterocycles. The molecule has 0 amide bonds. The SMILES string of the molecule is CN(Cc1ccc(Cl)cc1)Cn1nc(-c2ccccc2F)n(C2CC2)c1=S. The predicted molar refractivity (Wildman–Crippen MR) is 108 cm³/mol. The zero-order chi connectivity index (χ0) is 19.0. The van der Waals surface area contributed by atoms with E-state index in [-0.39, 0.29) is 5.82 Å². The first-order valence-corrected chi connectivity index (χ1v) is 9.69. The van der Waals surface area contributed by atoms with Crippen molar-refractivity contribution in [1.82, 2.24) is 19.2 Å². The number of halogens is 2. The summed E-state index contributed by atoms with van der Waals surface area (Å²) >= 11 is 11.6. The summed E-state index contributed by atoms with van der Waals surface area (Å²) in [5, 5.41) is 5.39. The lowest BCUT2D eigenvalue weighted by Crippen LogP contribution is -2.22. The zero-order valence-corrected chi connectivity index (χ0v) is 16.6. The first-order chi connectivity index (χ1) is 13.0. The Balaban J connectivity index is 1.62. The summed E-state index contributed by atoms with van der Waals surface area (Å²) in [6, 6.07) is 14.8. The third-order valence-corrected chi connectivity index (χ3v) is 5.30. The van der Waals surface area contributed by atoms with Gasteiger partial charge in [0, 0.05) is 17.6 Å². The first kappa shape index (κ1) is 18.3. The van der Waals surface area contributed by atoms with Gasteiger partial charge in [0.05, 0.1) is 12.2 Å². The Labute approximate surface area is 167 Å². The van der Waals surface area contributed by atoms with Gasteiger partial charge >= 0.3 is 0 Å². The molecular weight excluding hydrogens is 383 g/mol. The summed E-state index contributed by atoms with van der Waals surface area (Å²) in [7, 11) is 2.01. The highest BCUT2D eigenvalue weighted by Crippen LogP contribution is 2.39. The predicted octanol–water partition coefficient (Wildman–Crippen LogP) is 5.30. The van der Waals surface area contributed by atoms with Gasteiger partial charge in [0.25, 0.3) is 0 Å². The van der Waals surface area contributed by atoms with Gasteiger partial charge in [0.15, 0.2) is 10.6 Å². The standard InChI is InChI=1S/C20H20ClFN4S/c1-24(12-14-6-8-15(21)9-7-14)13-25-20(27)26(16-10-11-16)19(23-25)17-4-2-3-5-18(17)22/h2-9,16H,10-13H2,1H3. The normalized spacial score (nSPS) is 14.1. The van der Waals surface area contributed by atoms with Crippen molar-refractivity contribution in [3.05, 3.63) is 69.7 Å². The molecule has 1 fully saturated rings. The van der Waals surface area contributed by atoms with Crippen molar-refractivity contribution in [3.8, 4) is 11.4 Å². The highest BCUT2D eigenvalue weighted by atomic mass is 35.5. The largest absolute Gasteiger partial charge is 0.297 e. The molecule has 1 aromatic heterocycles. The van der Waals surface area contributed by atoms with Crippen molar-refractivity contribution in [1.29, 1.82) is 0 Å². The molecule has 7 heteroatoms. The minimum atomic E-state index is -0.277. The average molecular weight is 403 g/mol. The average Bonchev–Trinajstić information content (AvgIpc) is 3.43. The van der Waals surface area contributed by atoms with Crippen molar-refractivity contribution in [2.45, 2.75) is 32.1 Å². The lowest BCUT2D eigenvalue weighted by molar-refractivity contribution is 0.244. The fourth-order valence-electron chi connectivity index (χ4n) is 3.18. The summed E-state index contributed by atoms with van der Waals surface area (Å²) in [5.41, 5.74) is 1.65. The lowest BCUT2D eigenvalue weighted by Gasteiger charge is -2.16. The van der Waals surface area contributed by atoms with E-state index in [0.717, 1.165) is 30.0 Å². The van der Waals surface area contributed by atoms with Crippen LogP contribution in [0.25, 0.3) is 11.4 Å². The molecule has 0 aliphatic heterocycles. The molecule has 0 saturated heterocycles. The van der Waals surface area contributed by atoms with E-state index in [4.69, 9.17) is 23.8 Å². The van der Waals surface area contributed by atoms with Crippen LogP contribution < -0.4 is 0 Å². The summed E-state index contributed by atoms with van der Waals surface area (Å²) < 4.78 is 18.8. The number of hydrogen-bond acceptors (Lipinski definition) is 3. The minimum Gasteiger partial charge on any atom is -0.297 e. The van der Waals surface area contributed by atoms with Crippen LogP contribution in [0.5, 0.6) is 0 Å². The fraction of sp³-hybridized carbons (Fsp3) is 0.300. The van der Waals surface area contributed by atoms with Crippen molar-refractivity contribution in [2.75, 3.05) is 7.05 Å². The van der Waals surface area contributed by atoms with Gasteiger partial charge in [0.1, 0.15) is 5.82 Å². The van der Waals surface area contributed by atoms with Gasteiger partial charge in [-0.1, -0.05) is 35.9 Å². The second-order valence-corrected chi connectivity index (χ2v) is 7.77. The molecule has 27 heavy (non-hydrogen) atoms. The molecule has 1 aliphatic rings. The summed E-state index contributed by atoms with van der Waals surface area (Å²) in [6.07, 6.45) is 2.12. The molecule has 2 aromatic carbocycles. The van der Waals surface area contributed by atoms with E-state index >= 15 is 0 Å². The summed E-state index contributed by atoms with van der Waals surface area (Å²) in [6.45, 7) is 1.27. The van der Waals surface area contributed by atoms with Gasteiger partial charge in [-0.05, 0) is 61.9 Å². The smallest absolute Gasteiger partial charge is 0.199 e. The van der Waals surface area contributed by atoms with Gasteiger partial charge in [-0.15, -0.1) is 0 Å². The third-order valence-electron chi connectivity index (χ3n) is 4.64. The van der Waals surface area contributed by atoms with Gasteiger partial charge in [-0.2, -0.15) is 5.10 Å². The maximum Gasteiger partial charge on any atom is 0.199 e. The minimum absolute atomic E-state index is 0.277. The summed E-state index contributed by atoms with van der Waals surface area (Å²) in [5.74, 6) is 0.335. The maximum atomic E-state index is 14.3. The van der Waals surface area contributed by atoms with E-state index in [9.17, 15) is 4.39 Å². The molecule has 0 spiro atoms. The quantitative estimate of drug-likeness (QED) is 0.523. The van der Waals surface area contributed by atoms with Crippen LogP contribution in [0.4, 0.5) is 4.39 Å². The van der Waals surface area contributed by atoms with Crippen LogP contribution >= 0.6 is 23.8 Å². The number of aromatic nitrogens is 3. The van der Waals surface area contributed by atoms with Gasteiger partial charge in [-0.3, -0.25) is 9.47 Å². The Bertz CT molecular complexity index is 1010. The second-order valence-electron chi connectivity index (χ2n) is 6.97. The topological polar surface area (TPSA) is 26.0 Å². The number of hydrogen-bond donors (Lipinski definition) is 0. The van der Waals surface area contributed by atoms with E-state index < -0.39 is 0 Å². The Kier molecular flexibility index (Phi) is 5.12. The van der Waals surface area contributed by atoms with E-state index in [2.05, 4.69) is 10.00 Å². The highest BCUT2D eigenvalue weighted by Gasteiger charge is 2.30. The van der Waals surface area contributed by atoms with E-state index in [1.165, 1.54) is 6.07 Å². The Morgan fingerprint density at radius 3 is 2.56 bits per heavy atom. The number of nitrogens with zero attached hydrogens (tertiary/aromatic N) is 4. The monoisotopic (exact) mass is 402 g/mol. The number of rotatable bonds is 6. The molecule has 4 rings (SSSR count). The summed E-state index contributed by atoms with van der Waals surface area (Å²) in [4.78, 5) is 2.12. The van der Waals surface area contributed by atoms with E-state index in [1.807, 2.05) is 41.9 Å². The van der Waals surface area contributed by atoms with E-state index in [1.54, 1.807) is 16.8 Å². The van der Waals surface area contributed by atoms with Crippen LogP contribution in [0.15, 0.2) is 48.5 Å². The van der Waals surface area contributed by atoms with Crippen molar-refractivity contribution >= 4 is 23.8 Å². The van der Waals surface area contributed by atoms with Crippen molar-refractivity contribution in [3.63, 3.8) is 0 Å². The molecule has 1 aliphatic carbocycles. The Morgan fingerprint density at radius 2 is 1.89 bits per heavy atom. The molecule has 1 saturated carbocycles. The van der Waals surface area contributed by atoms with Crippen LogP contribution in [-0.4, -0.2) is 26.3 Å². The van der Waals surface area contributed by atoms with Crippen LogP contribution in [0.1, 0.15) is 24.4 Å². The highest BCUT2D eigenvalue weighted by molar-refractivity contribution is 7.71. The van der Waals surface area contributed by atoms with Crippen LogP contribution in [0, 0.1) is 10.6 Å².